The van der Waals surface area contributed by atoms with Crippen LogP contribution in [0.3, 0.4) is 0 Å². The fraction of sp³-hybridized carbons (Fsp3) is 0.943. The molecule has 4 fully saturated rings. The Morgan fingerprint density at radius 1 is 0.929 bits per heavy atom. The maximum atomic E-state index is 12.8. The van der Waals surface area contributed by atoms with E-state index in [2.05, 4.69) is 20.8 Å². The summed E-state index contributed by atoms with van der Waals surface area (Å²) in [5, 5.41) is 10.1. The zero-order valence-electron chi connectivity index (χ0n) is 27.8. The highest BCUT2D eigenvalue weighted by Gasteiger charge is 2.61. The van der Waals surface area contributed by atoms with Gasteiger partial charge in [0.2, 0.25) is 0 Å². The van der Waals surface area contributed by atoms with Crippen LogP contribution in [0.5, 0.6) is 0 Å². The number of ether oxygens (including phenoxy) is 3. The first-order valence-electron chi connectivity index (χ1n) is 17.0. The van der Waals surface area contributed by atoms with Crippen LogP contribution in [0.2, 0.25) is 0 Å². The number of rotatable bonds is 10. The molecule has 0 bridgehead atoms. The van der Waals surface area contributed by atoms with Crippen molar-refractivity contribution in [2.45, 2.75) is 163 Å². The molecule has 7 heteroatoms. The van der Waals surface area contributed by atoms with Crippen LogP contribution >= 0.6 is 0 Å². The Hall–Kier alpha value is -1.18. The number of aliphatic hydroxyl groups is 1. The van der Waals surface area contributed by atoms with Gasteiger partial charge in [-0.15, -0.1) is 0 Å². The summed E-state index contributed by atoms with van der Waals surface area (Å²) in [6, 6.07) is -0.742. The monoisotopic (exact) mass is 591 g/mol. The Morgan fingerprint density at radius 2 is 1.60 bits per heavy atom. The minimum Gasteiger partial charge on any atom is -0.463 e. The van der Waals surface area contributed by atoms with Crippen LogP contribution in [0.25, 0.3) is 0 Å². The summed E-state index contributed by atoms with van der Waals surface area (Å²) in [4.78, 5) is 25.3. The first-order valence-corrected chi connectivity index (χ1v) is 17.0. The van der Waals surface area contributed by atoms with E-state index in [0.717, 1.165) is 37.0 Å². The Labute approximate surface area is 255 Å². The molecule has 0 spiro atoms. The molecule has 0 saturated heterocycles. The molecule has 0 aliphatic heterocycles. The molecule has 4 rings (SSSR count). The quantitative estimate of drug-likeness (QED) is 0.213. The third-order valence-corrected chi connectivity index (χ3v) is 12.0. The number of aliphatic hydroxyl groups excluding tert-OH is 1. The van der Waals surface area contributed by atoms with Gasteiger partial charge in [0, 0.05) is 12.8 Å². The van der Waals surface area contributed by atoms with Gasteiger partial charge >= 0.3 is 11.9 Å². The van der Waals surface area contributed by atoms with Crippen molar-refractivity contribution in [3.05, 3.63) is 0 Å². The Morgan fingerprint density at radius 3 is 2.26 bits per heavy atom. The van der Waals surface area contributed by atoms with Gasteiger partial charge in [0.15, 0.2) is 6.29 Å². The first kappa shape index (κ1) is 33.7. The van der Waals surface area contributed by atoms with Crippen molar-refractivity contribution in [1.82, 2.24) is 0 Å². The first-order chi connectivity index (χ1) is 19.5. The average Bonchev–Trinajstić information content (AvgIpc) is 3.23. The number of carbonyl (C=O) groups is 2. The van der Waals surface area contributed by atoms with E-state index < -0.39 is 17.9 Å². The van der Waals surface area contributed by atoms with Gasteiger partial charge in [-0.05, 0) is 145 Å². The molecular formula is C35H61NO6. The molecule has 4 saturated carbocycles. The van der Waals surface area contributed by atoms with Crippen LogP contribution < -0.4 is 5.73 Å². The number of nitrogens with two attached hydrogens (primary N) is 1. The topological polar surface area (TPSA) is 108 Å². The van der Waals surface area contributed by atoms with Crippen LogP contribution in [0.15, 0.2) is 0 Å². The number of hydrogen-bond donors (Lipinski definition) is 2. The second kappa shape index (κ2) is 13.0. The van der Waals surface area contributed by atoms with Crippen LogP contribution in [0.1, 0.15) is 132 Å². The summed E-state index contributed by atoms with van der Waals surface area (Å²) >= 11 is 0. The van der Waals surface area contributed by atoms with E-state index in [1.54, 1.807) is 0 Å². The molecule has 42 heavy (non-hydrogen) atoms. The Bertz CT molecular complexity index is 946. The van der Waals surface area contributed by atoms with Crippen molar-refractivity contribution in [2.24, 2.45) is 52.1 Å². The molecular weight excluding hydrogens is 530 g/mol. The number of fused-ring (bicyclic) bond motifs is 5. The zero-order valence-corrected chi connectivity index (χ0v) is 27.8. The molecule has 3 N–H and O–H groups in total. The Balaban J connectivity index is 1.31. The minimum absolute atomic E-state index is 0.0446. The van der Waals surface area contributed by atoms with Crippen molar-refractivity contribution >= 4 is 11.9 Å². The van der Waals surface area contributed by atoms with E-state index in [1.165, 1.54) is 38.5 Å². The second-order valence-electron chi connectivity index (χ2n) is 16.3. The lowest BCUT2D eigenvalue weighted by molar-refractivity contribution is -0.172. The third kappa shape index (κ3) is 7.37. The summed E-state index contributed by atoms with van der Waals surface area (Å²) in [5.74, 6) is 3.38. The fourth-order valence-corrected chi connectivity index (χ4v) is 10.2. The maximum Gasteiger partial charge on any atom is 0.323 e. The Kier molecular flexibility index (Phi) is 10.5. The largest absolute Gasteiger partial charge is 0.463 e. The predicted molar refractivity (Wildman–Crippen MR) is 164 cm³/mol. The summed E-state index contributed by atoms with van der Waals surface area (Å²) in [6.45, 7) is 16.9. The van der Waals surface area contributed by atoms with E-state index >= 15 is 0 Å². The van der Waals surface area contributed by atoms with Crippen molar-refractivity contribution in [3.63, 3.8) is 0 Å². The van der Waals surface area contributed by atoms with Crippen LogP contribution in [0.4, 0.5) is 0 Å². The van der Waals surface area contributed by atoms with Gasteiger partial charge in [-0.25, -0.2) is 0 Å². The van der Waals surface area contributed by atoms with Crippen LogP contribution in [0, 0.1) is 46.3 Å². The molecule has 6 unspecified atom stereocenters. The molecule has 0 aromatic rings. The SMILES string of the molecule is CC(C)OC(=O)C[C@@H](C)C1CCC2C3CCC4C[C@H](OC(=O)[C@@H](N)CCC(O)OC(C)(C)C)CC[C@]4(C)C3CC[C@@]21C. The molecule has 4 aliphatic carbocycles. The molecule has 0 heterocycles. The summed E-state index contributed by atoms with van der Waals surface area (Å²) in [7, 11) is 0. The maximum absolute atomic E-state index is 12.8. The summed E-state index contributed by atoms with van der Waals surface area (Å²) < 4.78 is 17.0. The molecule has 0 aromatic carbocycles. The van der Waals surface area contributed by atoms with Crippen molar-refractivity contribution in [1.29, 1.82) is 0 Å². The zero-order chi connectivity index (χ0) is 31.0. The lowest BCUT2D eigenvalue weighted by Crippen LogP contribution is -2.54. The molecule has 0 aromatic heterocycles. The van der Waals surface area contributed by atoms with E-state index in [0.29, 0.717) is 47.8 Å². The molecule has 0 amide bonds. The average molecular weight is 592 g/mol. The van der Waals surface area contributed by atoms with Crippen molar-refractivity contribution < 1.29 is 28.9 Å². The van der Waals surface area contributed by atoms with E-state index in [4.69, 9.17) is 19.9 Å². The standard InChI is InChI=1S/C35H61NO6/c1-21(2)40-31(38)19-22(3)26-11-12-27-25-10-9-23-20-24(15-17-34(23,7)28(25)16-18-35(26,27)8)41-32(39)29(36)13-14-30(37)42-33(4,5)6/h21-30,37H,9-20,36H2,1-8H3/t22-,23?,24-,25?,26?,27?,28?,29+,30?,34+,35-/m1/s1. The highest BCUT2D eigenvalue weighted by Crippen LogP contribution is 2.68. The molecule has 242 valence electrons. The molecule has 0 radical (unpaired) electrons. The van der Waals surface area contributed by atoms with Gasteiger partial charge in [0.25, 0.3) is 0 Å². The van der Waals surface area contributed by atoms with Crippen LogP contribution in [-0.2, 0) is 23.8 Å². The second-order valence-corrected chi connectivity index (χ2v) is 16.3. The lowest BCUT2D eigenvalue weighted by atomic mass is 9.44. The third-order valence-electron chi connectivity index (χ3n) is 12.0. The number of hydrogen-bond acceptors (Lipinski definition) is 7. The predicted octanol–water partition coefficient (Wildman–Crippen LogP) is 6.78. The molecule has 7 nitrogen and oxygen atoms in total. The van der Waals surface area contributed by atoms with Gasteiger partial charge in [-0.1, -0.05) is 20.8 Å². The smallest absolute Gasteiger partial charge is 0.323 e. The highest BCUT2D eigenvalue weighted by atomic mass is 16.6. The van der Waals surface area contributed by atoms with Gasteiger partial charge in [0.05, 0.1) is 11.7 Å². The fourth-order valence-electron chi connectivity index (χ4n) is 10.2. The van der Waals surface area contributed by atoms with Gasteiger partial charge in [-0.3, -0.25) is 9.59 Å². The van der Waals surface area contributed by atoms with Gasteiger partial charge in [0.1, 0.15) is 12.1 Å². The minimum atomic E-state index is -0.938. The van der Waals surface area contributed by atoms with Gasteiger partial charge in [-0.2, -0.15) is 0 Å². The lowest BCUT2D eigenvalue weighted by Gasteiger charge is -2.61. The van der Waals surface area contributed by atoms with Crippen molar-refractivity contribution in [3.8, 4) is 0 Å². The number of esters is 2. The molecule has 4 aliphatic rings. The van der Waals surface area contributed by atoms with E-state index in [9.17, 15) is 14.7 Å². The van der Waals surface area contributed by atoms with Crippen molar-refractivity contribution in [2.75, 3.05) is 0 Å². The summed E-state index contributed by atoms with van der Waals surface area (Å²) in [6.07, 6.45) is 10.6. The number of carbonyl (C=O) groups excluding carboxylic acids is 2. The summed E-state index contributed by atoms with van der Waals surface area (Å²) in [5.41, 5.74) is 6.33. The highest BCUT2D eigenvalue weighted by molar-refractivity contribution is 5.75. The molecule has 11 atom stereocenters. The van der Waals surface area contributed by atoms with Crippen LogP contribution in [-0.4, -0.2) is 47.2 Å². The van der Waals surface area contributed by atoms with E-state index in [1.807, 2.05) is 34.6 Å². The van der Waals surface area contributed by atoms with Gasteiger partial charge < -0.3 is 25.1 Å². The normalized spacial score (nSPS) is 38.5. The van der Waals surface area contributed by atoms with E-state index in [-0.39, 0.29) is 24.1 Å².